The molecule has 0 atom stereocenters. The van der Waals surface area contributed by atoms with E-state index in [0.29, 0.717) is 34.4 Å². The summed E-state index contributed by atoms with van der Waals surface area (Å²) in [5.74, 6) is 0.326. The molecule has 7 nitrogen and oxygen atoms in total. The Hall–Kier alpha value is -3.45. The maximum atomic E-state index is 12.5. The van der Waals surface area contributed by atoms with E-state index in [-0.39, 0.29) is 17.2 Å². The summed E-state index contributed by atoms with van der Waals surface area (Å²) in [5, 5.41) is 12.7. The minimum absolute atomic E-state index is 0.135. The number of aromatic hydroxyl groups is 1. The Morgan fingerprint density at radius 2 is 1.96 bits per heavy atom. The van der Waals surface area contributed by atoms with Crippen LogP contribution in [0, 0.1) is 0 Å². The number of para-hydroxylation sites is 1. The van der Waals surface area contributed by atoms with Gasteiger partial charge in [0.2, 0.25) is 5.91 Å². The number of amides is 1. The first-order chi connectivity index (χ1) is 13.4. The molecule has 0 saturated heterocycles. The number of carbonyl (C=O) groups is 1. The zero-order valence-electron chi connectivity index (χ0n) is 15.8. The second-order valence-electron chi connectivity index (χ2n) is 6.63. The highest BCUT2D eigenvalue weighted by Gasteiger charge is 2.09. The number of carbonyl (C=O) groups excluding carboxylic acids is 1. The van der Waals surface area contributed by atoms with Crippen LogP contribution in [0.2, 0.25) is 0 Å². The molecule has 0 saturated carbocycles. The molecule has 7 heteroatoms. The van der Waals surface area contributed by atoms with E-state index in [1.54, 1.807) is 36.4 Å². The molecule has 28 heavy (non-hydrogen) atoms. The van der Waals surface area contributed by atoms with Crippen LogP contribution in [0.25, 0.3) is 28.4 Å². The number of phenolic OH excluding ortho intramolecular Hbond substituents is 1. The molecule has 3 rings (SSSR count). The van der Waals surface area contributed by atoms with Crippen molar-refractivity contribution in [2.24, 2.45) is 0 Å². The topological polar surface area (TPSA) is 98.3 Å². The van der Waals surface area contributed by atoms with Gasteiger partial charge in [-0.1, -0.05) is 12.1 Å². The second-order valence-corrected chi connectivity index (χ2v) is 6.63. The molecule has 0 radical (unpaired) electrons. The molecule has 1 aromatic heterocycles. The number of aromatic amines is 1. The number of benzene rings is 2. The van der Waals surface area contributed by atoms with Gasteiger partial charge in [-0.15, -0.1) is 0 Å². The quantitative estimate of drug-likeness (QED) is 0.570. The van der Waals surface area contributed by atoms with Crippen LogP contribution in [0.5, 0.6) is 5.75 Å². The Kier molecular flexibility index (Phi) is 5.86. The summed E-state index contributed by atoms with van der Waals surface area (Å²) in [5.41, 5.74) is 1.59. The van der Waals surface area contributed by atoms with E-state index in [2.05, 4.69) is 15.3 Å². The van der Waals surface area contributed by atoms with Gasteiger partial charge < -0.3 is 20.3 Å². The van der Waals surface area contributed by atoms with Gasteiger partial charge in [-0.2, -0.15) is 0 Å². The van der Waals surface area contributed by atoms with Crippen molar-refractivity contribution in [2.45, 2.75) is 0 Å². The number of aromatic nitrogens is 2. The van der Waals surface area contributed by atoms with E-state index in [1.165, 1.54) is 18.2 Å². The van der Waals surface area contributed by atoms with E-state index in [4.69, 9.17) is 0 Å². The largest absolute Gasteiger partial charge is 0.508 e. The smallest absolute Gasteiger partial charge is 0.259 e. The molecule has 3 aromatic rings. The van der Waals surface area contributed by atoms with Crippen molar-refractivity contribution >= 4 is 22.9 Å². The highest BCUT2D eigenvalue weighted by atomic mass is 16.3. The maximum absolute atomic E-state index is 12.5. The van der Waals surface area contributed by atoms with Gasteiger partial charge in [0.05, 0.1) is 10.9 Å². The maximum Gasteiger partial charge on any atom is 0.259 e. The molecular formula is C21H22N4O3. The number of nitrogens with zero attached hydrogens (tertiary/aromatic N) is 2. The molecule has 2 aromatic carbocycles. The van der Waals surface area contributed by atoms with Crippen molar-refractivity contribution in [2.75, 3.05) is 27.2 Å². The van der Waals surface area contributed by atoms with Crippen molar-refractivity contribution in [1.29, 1.82) is 0 Å². The summed E-state index contributed by atoms with van der Waals surface area (Å²) in [7, 11) is 3.87. The molecule has 0 spiro atoms. The van der Waals surface area contributed by atoms with Crippen LogP contribution < -0.4 is 10.9 Å². The summed E-state index contributed by atoms with van der Waals surface area (Å²) in [6.45, 7) is 1.30. The molecule has 0 fully saturated rings. The first-order valence-electron chi connectivity index (χ1n) is 8.87. The lowest BCUT2D eigenvalue weighted by atomic mass is 10.1. The van der Waals surface area contributed by atoms with E-state index in [9.17, 15) is 14.7 Å². The average Bonchev–Trinajstić information content (AvgIpc) is 2.66. The molecule has 0 unspecified atom stereocenters. The number of H-pyrrole nitrogens is 1. The summed E-state index contributed by atoms with van der Waals surface area (Å²) >= 11 is 0. The predicted molar refractivity (Wildman–Crippen MR) is 110 cm³/mol. The number of rotatable bonds is 6. The summed E-state index contributed by atoms with van der Waals surface area (Å²) in [6, 6.07) is 11.7. The first kappa shape index (κ1) is 19.3. The van der Waals surface area contributed by atoms with Crippen molar-refractivity contribution < 1.29 is 9.90 Å². The molecule has 1 amide bonds. The standard InChI is InChI=1S/C21H22N4O3/c1-25(2)13-12-22-18(27)11-8-14-4-3-5-17-19(14)23-20(24-21(17)28)15-6-9-16(26)10-7-15/h3-11,26H,12-13H2,1-2H3,(H,22,27)(H,23,24,28)/b11-8+. The molecule has 0 bridgehead atoms. The Labute approximate surface area is 162 Å². The van der Waals surface area contributed by atoms with Gasteiger partial charge in [0, 0.05) is 30.3 Å². The first-order valence-corrected chi connectivity index (χ1v) is 8.87. The lowest BCUT2D eigenvalue weighted by Crippen LogP contribution is -2.30. The number of nitrogens with one attached hydrogen (secondary N) is 2. The van der Waals surface area contributed by atoms with Crippen LogP contribution in [-0.4, -0.2) is 53.1 Å². The monoisotopic (exact) mass is 378 g/mol. The van der Waals surface area contributed by atoms with Crippen molar-refractivity contribution in [1.82, 2.24) is 20.2 Å². The molecule has 3 N–H and O–H groups in total. The summed E-state index contributed by atoms with van der Waals surface area (Å²) in [4.78, 5) is 33.8. The lowest BCUT2D eigenvalue weighted by Gasteiger charge is -2.09. The van der Waals surface area contributed by atoms with E-state index in [1.807, 2.05) is 19.0 Å². The Morgan fingerprint density at radius 3 is 2.68 bits per heavy atom. The molecule has 0 aliphatic carbocycles. The van der Waals surface area contributed by atoms with E-state index < -0.39 is 0 Å². The van der Waals surface area contributed by atoms with Crippen molar-refractivity contribution in [3.05, 3.63) is 64.5 Å². The highest BCUT2D eigenvalue weighted by Crippen LogP contribution is 2.21. The third-order valence-corrected chi connectivity index (χ3v) is 4.18. The predicted octanol–water partition coefficient (Wildman–Crippen LogP) is 1.99. The van der Waals surface area contributed by atoms with Gasteiger partial charge in [0.1, 0.15) is 11.6 Å². The Bertz CT molecular complexity index is 1070. The van der Waals surface area contributed by atoms with Gasteiger partial charge in [0.25, 0.3) is 5.56 Å². The molecule has 0 aliphatic heterocycles. The van der Waals surface area contributed by atoms with Crippen LogP contribution in [0.3, 0.4) is 0 Å². The normalized spacial score (nSPS) is 11.4. The van der Waals surface area contributed by atoms with Crippen molar-refractivity contribution in [3.8, 4) is 17.1 Å². The van der Waals surface area contributed by atoms with Gasteiger partial charge in [-0.3, -0.25) is 9.59 Å². The van der Waals surface area contributed by atoms with Gasteiger partial charge >= 0.3 is 0 Å². The SMILES string of the molecule is CN(C)CCNC(=O)/C=C/c1cccc2c(=O)[nH]c(-c3ccc(O)cc3)nc12. The number of hydrogen-bond donors (Lipinski definition) is 3. The molecule has 1 heterocycles. The zero-order valence-corrected chi connectivity index (χ0v) is 15.8. The summed E-state index contributed by atoms with van der Waals surface area (Å²) < 4.78 is 0. The highest BCUT2D eigenvalue weighted by molar-refractivity contribution is 5.95. The van der Waals surface area contributed by atoms with Crippen LogP contribution in [0.15, 0.2) is 53.3 Å². The third-order valence-electron chi connectivity index (χ3n) is 4.18. The fourth-order valence-corrected chi connectivity index (χ4v) is 2.70. The van der Waals surface area contributed by atoms with Gasteiger partial charge in [0.15, 0.2) is 0 Å². The van der Waals surface area contributed by atoms with E-state index >= 15 is 0 Å². The Balaban J connectivity index is 1.92. The van der Waals surface area contributed by atoms with Gasteiger partial charge in [-0.05, 0) is 50.5 Å². The minimum Gasteiger partial charge on any atom is -0.508 e. The van der Waals surface area contributed by atoms with Crippen LogP contribution in [0.1, 0.15) is 5.56 Å². The van der Waals surface area contributed by atoms with Crippen LogP contribution in [0.4, 0.5) is 0 Å². The number of fused-ring (bicyclic) bond motifs is 1. The second kappa shape index (κ2) is 8.49. The minimum atomic E-state index is -0.265. The lowest BCUT2D eigenvalue weighted by molar-refractivity contribution is -0.116. The number of phenols is 1. The van der Waals surface area contributed by atoms with Gasteiger partial charge in [-0.25, -0.2) is 4.98 Å². The zero-order chi connectivity index (χ0) is 20.1. The fraction of sp³-hybridized carbons (Fsp3) is 0.190. The summed E-state index contributed by atoms with van der Waals surface area (Å²) in [6.07, 6.45) is 3.09. The van der Waals surface area contributed by atoms with Crippen molar-refractivity contribution in [3.63, 3.8) is 0 Å². The number of likely N-dealkylation sites (N-methyl/N-ethyl adjacent to an activating group) is 1. The molecule has 0 aliphatic rings. The average molecular weight is 378 g/mol. The third kappa shape index (κ3) is 4.63. The number of hydrogen-bond acceptors (Lipinski definition) is 5. The Morgan fingerprint density at radius 1 is 1.21 bits per heavy atom. The van der Waals surface area contributed by atoms with Crippen LogP contribution in [-0.2, 0) is 4.79 Å². The van der Waals surface area contributed by atoms with Crippen LogP contribution >= 0.6 is 0 Å². The fourth-order valence-electron chi connectivity index (χ4n) is 2.70. The van der Waals surface area contributed by atoms with E-state index in [0.717, 1.165) is 6.54 Å². The molecular weight excluding hydrogens is 356 g/mol. The molecule has 144 valence electrons.